The monoisotopic (exact) mass is 406 g/mol. The lowest BCUT2D eigenvalue weighted by Gasteiger charge is -2.35. The SMILES string of the molecule is Cn1cnc(S(=O)(=O)N2CCC(OC3CCN(S(C)(=O)=O)CC3)CC2)c1. The van der Waals surface area contributed by atoms with Gasteiger partial charge in [0.25, 0.3) is 10.0 Å². The maximum Gasteiger partial charge on any atom is 0.262 e. The van der Waals surface area contributed by atoms with Crippen molar-refractivity contribution in [2.45, 2.75) is 42.9 Å². The summed E-state index contributed by atoms with van der Waals surface area (Å²) in [7, 11) is -4.95. The average Bonchev–Trinajstić information content (AvgIpc) is 3.02. The molecule has 0 saturated carbocycles. The fraction of sp³-hybridized carbons (Fsp3) is 0.800. The number of nitrogens with zero attached hydrogens (tertiary/aromatic N) is 4. The molecule has 0 bridgehead atoms. The Hall–Kier alpha value is -1.01. The zero-order valence-corrected chi connectivity index (χ0v) is 16.7. The number of aryl methyl sites for hydroxylation is 1. The third-order valence-electron chi connectivity index (χ3n) is 4.94. The van der Waals surface area contributed by atoms with E-state index in [1.165, 1.54) is 27.4 Å². The summed E-state index contributed by atoms with van der Waals surface area (Å²) in [5.41, 5.74) is 0. The van der Waals surface area contributed by atoms with Crippen molar-refractivity contribution < 1.29 is 21.6 Å². The highest BCUT2D eigenvalue weighted by Crippen LogP contribution is 2.24. The molecule has 1 aromatic heterocycles. The molecule has 3 heterocycles. The van der Waals surface area contributed by atoms with Gasteiger partial charge in [-0.2, -0.15) is 4.31 Å². The van der Waals surface area contributed by atoms with Crippen molar-refractivity contribution in [2.75, 3.05) is 32.4 Å². The van der Waals surface area contributed by atoms with E-state index in [4.69, 9.17) is 4.74 Å². The summed E-state index contributed by atoms with van der Waals surface area (Å²) < 4.78 is 58.9. The minimum Gasteiger partial charge on any atom is -0.375 e. The van der Waals surface area contributed by atoms with Crippen molar-refractivity contribution in [1.29, 1.82) is 0 Å². The maximum atomic E-state index is 12.6. The van der Waals surface area contributed by atoms with Gasteiger partial charge in [0.15, 0.2) is 5.03 Å². The molecule has 148 valence electrons. The van der Waals surface area contributed by atoms with Gasteiger partial charge < -0.3 is 9.30 Å². The average molecular weight is 407 g/mol. The van der Waals surface area contributed by atoms with Crippen LogP contribution in [0, 0.1) is 0 Å². The van der Waals surface area contributed by atoms with E-state index in [9.17, 15) is 16.8 Å². The molecular weight excluding hydrogens is 380 g/mol. The molecule has 1 aromatic rings. The molecule has 0 aromatic carbocycles. The molecule has 9 nitrogen and oxygen atoms in total. The smallest absolute Gasteiger partial charge is 0.262 e. The molecule has 3 rings (SSSR count). The van der Waals surface area contributed by atoms with Crippen LogP contribution < -0.4 is 0 Å². The van der Waals surface area contributed by atoms with E-state index >= 15 is 0 Å². The molecule has 0 aliphatic carbocycles. The predicted octanol–water partition coefficient (Wildman–Crippen LogP) is 0.0138. The number of hydrogen-bond acceptors (Lipinski definition) is 6. The minimum atomic E-state index is -3.55. The highest BCUT2D eigenvalue weighted by Gasteiger charge is 2.33. The lowest BCUT2D eigenvalue weighted by atomic mass is 10.1. The molecule has 0 atom stereocenters. The van der Waals surface area contributed by atoms with Gasteiger partial charge in [0, 0.05) is 39.4 Å². The fourth-order valence-corrected chi connectivity index (χ4v) is 5.74. The summed E-state index contributed by atoms with van der Waals surface area (Å²) in [4.78, 5) is 3.95. The first kappa shape index (κ1) is 19.7. The zero-order chi connectivity index (χ0) is 18.9. The molecule has 0 unspecified atom stereocenters. The topological polar surface area (TPSA) is 102 Å². The van der Waals surface area contributed by atoms with E-state index < -0.39 is 20.0 Å². The van der Waals surface area contributed by atoms with E-state index in [1.54, 1.807) is 11.6 Å². The minimum absolute atomic E-state index is 0.0139. The summed E-state index contributed by atoms with van der Waals surface area (Å²) in [6.45, 7) is 1.78. The fourth-order valence-electron chi connectivity index (χ4n) is 3.43. The highest BCUT2D eigenvalue weighted by molar-refractivity contribution is 7.89. The Morgan fingerprint density at radius 1 is 0.962 bits per heavy atom. The van der Waals surface area contributed by atoms with Crippen LogP contribution in [0.25, 0.3) is 0 Å². The first-order valence-corrected chi connectivity index (χ1v) is 12.0. The molecular formula is C15H26N4O5S2. The van der Waals surface area contributed by atoms with Crippen LogP contribution in [-0.2, 0) is 31.8 Å². The Balaban J connectivity index is 1.49. The summed E-state index contributed by atoms with van der Waals surface area (Å²) in [6.07, 6.45) is 6.90. The molecule has 11 heteroatoms. The van der Waals surface area contributed by atoms with E-state index in [0.29, 0.717) is 51.9 Å². The molecule has 2 fully saturated rings. The normalized spacial score (nSPS) is 22.7. The number of ether oxygens (including phenoxy) is 1. The van der Waals surface area contributed by atoms with Crippen LogP contribution >= 0.6 is 0 Å². The van der Waals surface area contributed by atoms with E-state index in [1.807, 2.05) is 0 Å². The Bertz CT molecular complexity index is 820. The Morgan fingerprint density at radius 2 is 1.46 bits per heavy atom. The maximum absolute atomic E-state index is 12.6. The second-order valence-electron chi connectivity index (χ2n) is 6.98. The van der Waals surface area contributed by atoms with Crippen LogP contribution in [0.15, 0.2) is 17.6 Å². The van der Waals surface area contributed by atoms with Crippen molar-refractivity contribution in [1.82, 2.24) is 18.2 Å². The molecule has 0 N–H and O–H groups in total. The van der Waals surface area contributed by atoms with E-state index in [-0.39, 0.29) is 17.2 Å². The Morgan fingerprint density at radius 3 is 1.88 bits per heavy atom. The lowest BCUT2D eigenvalue weighted by Crippen LogP contribution is -2.44. The van der Waals surface area contributed by atoms with Crippen molar-refractivity contribution in [3.8, 4) is 0 Å². The van der Waals surface area contributed by atoms with Crippen LogP contribution in [0.5, 0.6) is 0 Å². The third kappa shape index (κ3) is 4.45. The van der Waals surface area contributed by atoms with Crippen LogP contribution in [0.2, 0.25) is 0 Å². The van der Waals surface area contributed by atoms with Crippen LogP contribution in [0.3, 0.4) is 0 Å². The standard InChI is InChI=1S/C15H26N4O5S2/c1-17-11-15(16-12-17)26(22,23)19-9-5-14(6-10-19)24-13-3-7-18(8-4-13)25(2,20)21/h11-14H,3-10H2,1-2H3. The molecule has 0 radical (unpaired) electrons. The van der Waals surface area contributed by atoms with Crippen molar-refractivity contribution >= 4 is 20.0 Å². The molecule has 0 amide bonds. The molecule has 2 aliphatic heterocycles. The molecule has 2 saturated heterocycles. The second kappa shape index (κ2) is 7.55. The highest BCUT2D eigenvalue weighted by atomic mass is 32.2. The number of aromatic nitrogens is 2. The van der Waals surface area contributed by atoms with Gasteiger partial charge >= 0.3 is 0 Å². The van der Waals surface area contributed by atoms with Crippen molar-refractivity contribution in [3.63, 3.8) is 0 Å². The predicted molar refractivity (Wildman–Crippen MR) is 95.5 cm³/mol. The number of hydrogen-bond donors (Lipinski definition) is 0. The first-order chi connectivity index (χ1) is 12.2. The first-order valence-electron chi connectivity index (χ1n) is 8.75. The molecule has 0 spiro atoms. The van der Waals surface area contributed by atoms with Crippen LogP contribution in [0.1, 0.15) is 25.7 Å². The van der Waals surface area contributed by atoms with Crippen molar-refractivity contribution in [3.05, 3.63) is 12.5 Å². The van der Waals surface area contributed by atoms with Gasteiger partial charge in [0.2, 0.25) is 10.0 Å². The summed E-state index contributed by atoms with van der Waals surface area (Å²) in [5, 5.41) is 0.0764. The second-order valence-corrected chi connectivity index (χ2v) is 10.8. The van der Waals surface area contributed by atoms with Gasteiger partial charge in [-0.3, -0.25) is 0 Å². The van der Waals surface area contributed by atoms with Crippen LogP contribution in [0.4, 0.5) is 0 Å². The third-order valence-corrected chi connectivity index (χ3v) is 8.03. The van der Waals surface area contributed by atoms with Crippen molar-refractivity contribution in [2.24, 2.45) is 7.05 Å². The lowest BCUT2D eigenvalue weighted by molar-refractivity contribution is -0.0519. The van der Waals surface area contributed by atoms with Crippen LogP contribution in [-0.4, -0.2) is 79.6 Å². The summed E-state index contributed by atoms with van der Waals surface area (Å²) >= 11 is 0. The van der Waals surface area contributed by atoms with Gasteiger partial charge in [0.1, 0.15) is 0 Å². The quantitative estimate of drug-likeness (QED) is 0.683. The number of piperidine rings is 2. The number of rotatable bonds is 5. The number of imidazole rings is 1. The Kier molecular flexibility index (Phi) is 5.73. The number of sulfonamides is 2. The Labute approximate surface area is 155 Å². The zero-order valence-electron chi connectivity index (χ0n) is 15.1. The van der Waals surface area contributed by atoms with Gasteiger partial charge in [-0.25, -0.2) is 26.1 Å². The summed E-state index contributed by atoms with van der Waals surface area (Å²) in [6, 6.07) is 0. The molecule has 2 aliphatic rings. The largest absolute Gasteiger partial charge is 0.375 e. The van der Waals surface area contributed by atoms with Gasteiger partial charge in [-0.05, 0) is 25.7 Å². The van der Waals surface area contributed by atoms with Gasteiger partial charge in [0.05, 0.1) is 24.8 Å². The van der Waals surface area contributed by atoms with E-state index in [0.717, 1.165) is 0 Å². The van der Waals surface area contributed by atoms with E-state index in [2.05, 4.69) is 4.98 Å². The summed E-state index contributed by atoms with van der Waals surface area (Å²) in [5.74, 6) is 0. The molecule has 26 heavy (non-hydrogen) atoms. The van der Waals surface area contributed by atoms with Gasteiger partial charge in [-0.1, -0.05) is 0 Å². The van der Waals surface area contributed by atoms with Gasteiger partial charge in [-0.15, -0.1) is 0 Å².